The number of pyridine rings is 1. The van der Waals surface area contributed by atoms with Crippen LogP contribution in [0, 0.1) is 0 Å². The highest BCUT2D eigenvalue weighted by molar-refractivity contribution is 8.13. The molecule has 0 aliphatic carbocycles. The summed E-state index contributed by atoms with van der Waals surface area (Å²) in [5.74, 6) is -0.0178. The molecule has 0 fully saturated rings. The van der Waals surface area contributed by atoms with Crippen molar-refractivity contribution in [3.63, 3.8) is 0 Å². The van der Waals surface area contributed by atoms with Gasteiger partial charge in [0.05, 0.1) is 5.69 Å². The lowest BCUT2D eigenvalue weighted by Crippen LogP contribution is -2.52. The molecule has 3 heterocycles. The number of benzene rings is 1. The summed E-state index contributed by atoms with van der Waals surface area (Å²) in [6, 6.07) is 10.5. The van der Waals surface area contributed by atoms with Gasteiger partial charge in [-0.3, -0.25) is 4.31 Å². The van der Waals surface area contributed by atoms with Crippen molar-refractivity contribution in [1.82, 2.24) is 8.87 Å². The number of aromatic nitrogens is 1. The topological polar surface area (TPSA) is 67.3 Å². The monoisotopic (exact) mass is 442 g/mol. The fraction of sp³-hybridized carbons (Fsp3) is 0.368. The minimum atomic E-state index is -3.89. The fourth-order valence-electron chi connectivity index (χ4n) is 3.22. The summed E-state index contributed by atoms with van der Waals surface area (Å²) in [6.07, 6.45) is 0.518. The number of anilines is 1. The molecule has 28 heavy (non-hydrogen) atoms. The molecule has 0 bridgehead atoms. The number of nitrogens with zero attached hydrogens (tertiary/aromatic N) is 3. The molecule has 1 atom stereocenters. The van der Waals surface area contributed by atoms with Crippen LogP contribution in [0.5, 0.6) is 0 Å². The molecule has 6 nitrogen and oxygen atoms in total. The van der Waals surface area contributed by atoms with Gasteiger partial charge in [0.25, 0.3) is 9.05 Å². The standard InChI is InChI=1S/C15H13ClN3O3S2.2C2H6/c1-18-12-5-3-2-4-10(12)15(20)19(23-18)9-8-11-13(19)6-7-14(17-11)24(16,21)22;2*1-2/h2-7H,8-9H2,1H3;2*1-2H3/q+1;;. The number of amides is 1. The molecule has 1 spiro atoms. The number of rotatable bonds is 1. The van der Waals surface area contributed by atoms with Crippen molar-refractivity contribution in [2.45, 2.75) is 39.1 Å². The quantitative estimate of drug-likeness (QED) is 0.359. The Morgan fingerprint density at radius 1 is 1.11 bits per heavy atom. The number of carbonyl (C=O) groups excluding carboxylic acids is 1. The summed E-state index contributed by atoms with van der Waals surface area (Å²) < 4.78 is 25.0. The third kappa shape index (κ3) is 3.78. The van der Waals surface area contributed by atoms with Crippen LogP contribution in [0.3, 0.4) is 0 Å². The highest BCUT2D eigenvalue weighted by Gasteiger charge is 2.53. The number of halogens is 1. The molecule has 4 rings (SSSR count). The largest absolute Gasteiger partial charge is 0.366 e. The smallest absolute Gasteiger partial charge is 0.269 e. The summed E-state index contributed by atoms with van der Waals surface area (Å²) in [7, 11) is 3.41. The second-order valence-electron chi connectivity index (χ2n) is 5.67. The minimum absolute atomic E-state index is 0.0178. The lowest BCUT2D eigenvalue weighted by atomic mass is 10.1. The SMILES string of the molecule is CC.CC.CN1S[N+]2(CCc3nc(S(=O)(=O)Cl)ccc32)C(=O)c2ccccc21. The van der Waals surface area contributed by atoms with Gasteiger partial charge in [0, 0.05) is 30.2 Å². The molecule has 0 N–H and O–H groups in total. The van der Waals surface area contributed by atoms with Crippen LogP contribution in [-0.2, 0) is 15.5 Å². The van der Waals surface area contributed by atoms with E-state index in [1.165, 1.54) is 18.2 Å². The molecule has 1 amide bonds. The summed E-state index contributed by atoms with van der Waals surface area (Å²) in [5, 5.41) is -0.175. The molecular formula is C19H25ClN3O3S2+. The number of carbonyl (C=O) groups is 1. The van der Waals surface area contributed by atoms with Gasteiger partial charge in [0.15, 0.2) is 10.7 Å². The van der Waals surface area contributed by atoms with Crippen LogP contribution in [0.1, 0.15) is 43.7 Å². The zero-order chi connectivity index (χ0) is 21.1. The van der Waals surface area contributed by atoms with Crippen molar-refractivity contribution in [3.05, 3.63) is 47.7 Å². The number of para-hydroxylation sites is 1. The van der Waals surface area contributed by atoms with E-state index in [1.54, 1.807) is 6.07 Å². The van der Waals surface area contributed by atoms with Crippen molar-refractivity contribution in [1.29, 1.82) is 0 Å². The van der Waals surface area contributed by atoms with Crippen LogP contribution >= 0.6 is 22.8 Å². The number of fused-ring (bicyclic) bond motifs is 3. The second kappa shape index (κ2) is 8.82. The molecule has 152 valence electrons. The highest BCUT2D eigenvalue weighted by atomic mass is 35.7. The Morgan fingerprint density at radius 3 is 2.39 bits per heavy atom. The number of quaternary nitrogens is 1. The van der Waals surface area contributed by atoms with Crippen LogP contribution in [0.15, 0.2) is 41.4 Å². The molecule has 2 aromatic rings. The first-order valence-electron chi connectivity index (χ1n) is 9.23. The van der Waals surface area contributed by atoms with Gasteiger partial charge in [0.1, 0.15) is 17.8 Å². The number of hydrogen-bond donors (Lipinski definition) is 0. The molecule has 0 saturated heterocycles. The molecule has 2 aliphatic heterocycles. The molecule has 2 aliphatic rings. The Kier molecular flexibility index (Phi) is 7.14. The summed E-state index contributed by atoms with van der Waals surface area (Å²) in [5.41, 5.74) is 2.85. The van der Waals surface area contributed by atoms with Gasteiger partial charge in [0.2, 0.25) is 12.1 Å². The Bertz CT molecular complexity index is 982. The molecule has 0 saturated carbocycles. The van der Waals surface area contributed by atoms with Gasteiger partial charge in [-0.1, -0.05) is 39.8 Å². The Labute approximate surface area is 175 Å². The van der Waals surface area contributed by atoms with Gasteiger partial charge >= 0.3 is 5.91 Å². The summed E-state index contributed by atoms with van der Waals surface area (Å²) >= 11 is 1.40. The van der Waals surface area contributed by atoms with Gasteiger partial charge in [-0.2, -0.15) is 0 Å². The first-order valence-corrected chi connectivity index (χ1v) is 12.3. The Balaban J connectivity index is 0.000000660. The fourth-order valence-corrected chi connectivity index (χ4v) is 5.19. The average molecular weight is 443 g/mol. The molecule has 0 radical (unpaired) electrons. The van der Waals surface area contributed by atoms with E-state index >= 15 is 0 Å². The normalized spacial score (nSPS) is 19.8. The van der Waals surface area contributed by atoms with E-state index in [-0.39, 0.29) is 14.8 Å². The van der Waals surface area contributed by atoms with E-state index in [0.717, 1.165) is 11.4 Å². The van der Waals surface area contributed by atoms with Crippen molar-refractivity contribution >= 4 is 49.1 Å². The van der Waals surface area contributed by atoms with Crippen molar-refractivity contribution in [2.75, 3.05) is 17.9 Å². The maximum atomic E-state index is 13.2. The number of hydrogen-bond acceptors (Lipinski definition) is 6. The van der Waals surface area contributed by atoms with E-state index in [9.17, 15) is 13.2 Å². The van der Waals surface area contributed by atoms with E-state index in [2.05, 4.69) is 4.98 Å². The molecule has 9 heteroatoms. The highest BCUT2D eigenvalue weighted by Crippen LogP contribution is 2.48. The zero-order valence-electron chi connectivity index (χ0n) is 16.6. The Hall–Kier alpha value is -1.61. The molecule has 1 unspecified atom stereocenters. The third-order valence-electron chi connectivity index (χ3n) is 4.29. The van der Waals surface area contributed by atoms with Crippen LogP contribution in [0.25, 0.3) is 0 Å². The lowest BCUT2D eigenvalue weighted by molar-refractivity contribution is 0.0880. The van der Waals surface area contributed by atoms with Gasteiger partial charge in [-0.15, -0.1) is 3.89 Å². The zero-order valence-corrected chi connectivity index (χ0v) is 19.0. The van der Waals surface area contributed by atoms with E-state index in [0.29, 0.717) is 24.2 Å². The van der Waals surface area contributed by atoms with Gasteiger partial charge in [-0.05, 0) is 18.2 Å². The second-order valence-corrected chi connectivity index (χ2v) is 9.52. The molecule has 1 aromatic carbocycles. The summed E-state index contributed by atoms with van der Waals surface area (Å²) in [4.78, 5) is 17.4. The predicted octanol–water partition coefficient (Wildman–Crippen LogP) is 4.78. The Morgan fingerprint density at radius 2 is 1.75 bits per heavy atom. The maximum Gasteiger partial charge on any atom is 0.366 e. The first-order chi connectivity index (χ1) is 13.3. The average Bonchev–Trinajstić information content (AvgIpc) is 3.07. The van der Waals surface area contributed by atoms with E-state index < -0.39 is 9.05 Å². The van der Waals surface area contributed by atoms with Gasteiger partial charge < -0.3 is 0 Å². The minimum Gasteiger partial charge on any atom is -0.269 e. The maximum absolute atomic E-state index is 13.2. The van der Waals surface area contributed by atoms with Crippen LogP contribution in [0.4, 0.5) is 11.4 Å². The van der Waals surface area contributed by atoms with E-state index in [4.69, 9.17) is 10.7 Å². The van der Waals surface area contributed by atoms with Gasteiger partial charge in [-0.25, -0.2) is 18.2 Å². The summed E-state index contributed by atoms with van der Waals surface area (Å²) in [6.45, 7) is 8.52. The lowest BCUT2D eigenvalue weighted by Gasteiger charge is -2.36. The predicted molar refractivity (Wildman–Crippen MR) is 117 cm³/mol. The van der Waals surface area contributed by atoms with Crippen molar-refractivity contribution in [2.24, 2.45) is 0 Å². The van der Waals surface area contributed by atoms with Crippen LogP contribution in [0.2, 0.25) is 0 Å². The first kappa shape index (κ1) is 22.7. The van der Waals surface area contributed by atoms with Crippen LogP contribution < -0.4 is 8.19 Å². The van der Waals surface area contributed by atoms with Crippen molar-refractivity contribution < 1.29 is 13.2 Å². The van der Waals surface area contributed by atoms with Crippen LogP contribution in [-0.4, -0.2) is 32.9 Å². The molecule has 1 aromatic heterocycles. The van der Waals surface area contributed by atoms with Crippen molar-refractivity contribution in [3.8, 4) is 0 Å². The van der Waals surface area contributed by atoms with E-state index in [1.807, 2.05) is 63.3 Å². The molecular weight excluding hydrogens is 418 g/mol. The third-order valence-corrected chi connectivity index (χ3v) is 6.76.